The van der Waals surface area contributed by atoms with Crippen LogP contribution in [0.25, 0.3) is 11.0 Å². The normalized spacial score (nSPS) is 10.7. The number of carbonyl (C=O) groups is 1. The van der Waals surface area contributed by atoms with Gasteiger partial charge in [-0.05, 0) is 30.3 Å². The van der Waals surface area contributed by atoms with Gasteiger partial charge in [-0.2, -0.15) is 0 Å². The highest BCUT2D eigenvalue weighted by Gasteiger charge is 2.17. The van der Waals surface area contributed by atoms with E-state index in [1.165, 1.54) is 56.7 Å². The van der Waals surface area contributed by atoms with Crippen molar-refractivity contribution in [3.05, 3.63) is 56.6 Å². The van der Waals surface area contributed by atoms with Crippen LogP contribution in [0.4, 0.5) is 5.69 Å². The van der Waals surface area contributed by atoms with E-state index in [9.17, 15) is 14.4 Å². The van der Waals surface area contributed by atoms with Crippen LogP contribution < -0.4 is 30.6 Å². The number of nitrogens with one attached hydrogen (secondary N) is 1. The van der Waals surface area contributed by atoms with Gasteiger partial charge < -0.3 is 28.7 Å². The third-order valence-electron chi connectivity index (χ3n) is 4.68. The maximum atomic E-state index is 12.8. The molecule has 0 saturated heterocycles. The molecular weight excluding hydrogens is 378 g/mol. The molecule has 0 atom stereocenters. The van der Waals surface area contributed by atoms with Crippen LogP contribution in [0.15, 0.2) is 39.9 Å². The smallest absolute Gasteiger partial charge is 0.316 e. The molecule has 0 bridgehead atoms. The quantitative estimate of drug-likeness (QED) is 0.653. The third-order valence-corrected chi connectivity index (χ3v) is 4.68. The van der Waals surface area contributed by atoms with E-state index < -0.39 is 17.0 Å². The summed E-state index contributed by atoms with van der Waals surface area (Å²) in [6, 6.07) is 8.03. The van der Waals surface area contributed by atoms with E-state index in [0.29, 0.717) is 39.5 Å². The molecule has 3 rings (SSSR count). The number of amides is 1. The molecule has 0 aliphatic heterocycles. The van der Waals surface area contributed by atoms with Crippen LogP contribution in [0, 0.1) is 0 Å². The van der Waals surface area contributed by atoms with Gasteiger partial charge in [0.2, 0.25) is 5.75 Å². The molecule has 0 radical (unpaired) electrons. The van der Waals surface area contributed by atoms with Crippen molar-refractivity contribution >= 4 is 22.6 Å². The highest BCUT2D eigenvalue weighted by Crippen LogP contribution is 2.38. The first-order valence-electron chi connectivity index (χ1n) is 8.63. The van der Waals surface area contributed by atoms with E-state index in [-0.39, 0.29) is 0 Å². The Bertz CT molecular complexity index is 1200. The number of methoxy groups -OCH3 is 3. The Morgan fingerprint density at radius 1 is 0.828 bits per heavy atom. The SMILES string of the molecule is COc1cc(C(=O)Nc2ccc3c(c2)n(C)c(=O)c(=O)n3C)cc(OC)c1OC. The average Bonchev–Trinajstić information content (AvgIpc) is 2.74. The lowest BCUT2D eigenvalue weighted by Crippen LogP contribution is -2.39. The first kappa shape index (κ1) is 20.0. The fourth-order valence-corrected chi connectivity index (χ4v) is 3.07. The topological polar surface area (TPSA) is 101 Å². The molecule has 1 heterocycles. The van der Waals surface area contributed by atoms with Gasteiger partial charge in [-0.1, -0.05) is 0 Å². The standard InChI is InChI=1S/C20H21N3O6/c1-22-13-7-6-12(10-14(13)23(2)20(26)19(22)25)21-18(24)11-8-15(27-3)17(29-5)16(9-11)28-4/h6-10H,1-5H3,(H,21,24). The van der Waals surface area contributed by atoms with E-state index in [1.807, 2.05) is 0 Å². The van der Waals surface area contributed by atoms with Gasteiger partial charge in [0.25, 0.3) is 5.91 Å². The number of aromatic nitrogens is 2. The molecule has 0 spiro atoms. The molecule has 3 aromatic rings. The lowest BCUT2D eigenvalue weighted by atomic mass is 10.1. The van der Waals surface area contributed by atoms with Crippen molar-refractivity contribution in [1.82, 2.24) is 9.13 Å². The van der Waals surface area contributed by atoms with E-state index >= 15 is 0 Å². The van der Waals surface area contributed by atoms with Crippen LogP contribution in [-0.2, 0) is 14.1 Å². The highest BCUT2D eigenvalue weighted by molar-refractivity contribution is 6.05. The zero-order valence-electron chi connectivity index (χ0n) is 16.7. The number of carbonyl (C=O) groups excluding carboxylic acids is 1. The molecule has 9 nitrogen and oxygen atoms in total. The molecular formula is C20H21N3O6. The predicted octanol–water partition coefficient (Wildman–Crippen LogP) is 1.52. The second-order valence-corrected chi connectivity index (χ2v) is 6.30. The molecule has 0 aliphatic carbocycles. The van der Waals surface area contributed by atoms with Gasteiger partial charge in [0.15, 0.2) is 11.5 Å². The van der Waals surface area contributed by atoms with Crippen molar-refractivity contribution in [2.75, 3.05) is 26.6 Å². The second-order valence-electron chi connectivity index (χ2n) is 6.30. The van der Waals surface area contributed by atoms with Gasteiger partial charge in [-0.15, -0.1) is 0 Å². The molecule has 9 heteroatoms. The van der Waals surface area contributed by atoms with Gasteiger partial charge in [0, 0.05) is 25.3 Å². The van der Waals surface area contributed by atoms with Gasteiger partial charge in [-0.25, -0.2) is 0 Å². The van der Waals surface area contributed by atoms with Crippen molar-refractivity contribution in [2.24, 2.45) is 14.1 Å². The minimum absolute atomic E-state index is 0.300. The molecule has 2 aromatic carbocycles. The zero-order chi connectivity index (χ0) is 21.3. The van der Waals surface area contributed by atoms with Gasteiger partial charge in [-0.3, -0.25) is 14.4 Å². The fourth-order valence-electron chi connectivity index (χ4n) is 3.07. The molecule has 0 fully saturated rings. The Morgan fingerprint density at radius 2 is 1.38 bits per heavy atom. The number of ether oxygens (including phenoxy) is 3. The molecule has 1 aromatic heterocycles. The van der Waals surface area contributed by atoms with Crippen molar-refractivity contribution in [1.29, 1.82) is 0 Å². The van der Waals surface area contributed by atoms with E-state index in [4.69, 9.17) is 14.2 Å². The number of benzene rings is 2. The number of nitrogens with zero attached hydrogens (tertiary/aromatic N) is 2. The second kappa shape index (κ2) is 7.70. The number of fused-ring (bicyclic) bond motifs is 1. The Hall–Kier alpha value is -3.75. The summed E-state index contributed by atoms with van der Waals surface area (Å²) in [4.78, 5) is 36.8. The number of aryl methyl sites for hydroxylation is 2. The summed E-state index contributed by atoms with van der Waals surface area (Å²) >= 11 is 0. The molecule has 1 amide bonds. The molecule has 0 unspecified atom stereocenters. The van der Waals surface area contributed by atoms with Crippen molar-refractivity contribution in [3.8, 4) is 17.2 Å². The van der Waals surface area contributed by atoms with E-state index in [0.717, 1.165) is 0 Å². The molecule has 0 saturated carbocycles. The van der Waals surface area contributed by atoms with E-state index in [2.05, 4.69) is 5.32 Å². The first-order chi connectivity index (χ1) is 13.8. The Labute approximate surface area is 166 Å². The van der Waals surface area contributed by atoms with Crippen molar-refractivity contribution < 1.29 is 19.0 Å². The largest absolute Gasteiger partial charge is 0.493 e. The minimum Gasteiger partial charge on any atom is -0.493 e. The van der Waals surface area contributed by atoms with Gasteiger partial charge in [0.05, 0.1) is 32.4 Å². The highest BCUT2D eigenvalue weighted by atomic mass is 16.5. The lowest BCUT2D eigenvalue weighted by molar-refractivity contribution is 0.102. The summed E-state index contributed by atoms with van der Waals surface area (Å²) in [5, 5.41) is 2.78. The minimum atomic E-state index is -0.645. The molecule has 0 aliphatic rings. The van der Waals surface area contributed by atoms with Gasteiger partial charge in [0.1, 0.15) is 0 Å². The third kappa shape index (κ3) is 3.42. The lowest BCUT2D eigenvalue weighted by Gasteiger charge is -2.14. The molecule has 29 heavy (non-hydrogen) atoms. The molecule has 1 N–H and O–H groups in total. The summed E-state index contributed by atoms with van der Waals surface area (Å²) in [5.74, 6) is 0.687. The maximum Gasteiger partial charge on any atom is 0.316 e. The van der Waals surface area contributed by atoms with Crippen LogP contribution in [0.2, 0.25) is 0 Å². The molecule has 152 valence electrons. The number of hydrogen-bond acceptors (Lipinski definition) is 6. The number of hydrogen-bond donors (Lipinski definition) is 1. The Morgan fingerprint density at radius 3 is 1.90 bits per heavy atom. The van der Waals surface area contributed by atoms with Crippen LogP contribution in [0.1, 0.15) is 10.4 Å². The number of rotatable bonds is 5. The zero-order valence-corrected chi connectivity index (χ0v) is 16.7. The van der Waals surface area contributed by atoms with Crippen LogP contribution in [-0.4, -0.2) is 36.4 Å². The van der Waals surface area contributed by atoms with Crippen molar-refractivity contribution in [2.45, 2.75) is 0 Å². The van der Waals surface area contributed by atoms with Gasteiger partial charge >= 0.3 is 11.1 Å². The van der Waals surface area contributed by atoms with Crippen molar-refractivity contribution in [3.63, 3.8) is 0 Å². The summed E-state index contributed by atoms with van der Waals surface area (Å²) in [5.41, 5.74) is 0.587. The monoisotopic (exact) mass is 399 g/mol. The first-order valence-corrected chi connectivity index (χ1v) is 8.63. The average molecular weight is 399 g/mol. The Kier molecular flexibility index (Phi) is 5.31. The Balaban J connectivity index is 2.02. The summed E-state index contributed by atoms with van der Waals surface area (Å²) in [6.07, 6.45) is 0. The summed E-state index contributed by atoms with van der Waals surface area (Å²) in [6.45, 7) is 0. The van der Waals surface area contributed by atoms with Crippen LogP contribution in [0.5, 0.6) is 17.2 Å². The van der Waals surface area contributed by atoms with E-state index in [1.54, 1.807) is 18.2 Å². The maximum absolute atomic E-state index is 12.8. The number of anilines is 1. The van der Waals surface area contributed by atoms with Crippen LogP contribution >= 0.6 is 0 Å². The summed E-state index contributed by atoms with van der Waals surface area (Å²) < 4.78 is 18.4. The summed E-state index contributed by atoms with van der Waals surface area (Å²) in [7, 11) is 7.45. The fraction of sp³-hybridized carbons (Fsp3) is 0.250. The van der Waals surface area contributed by atoms with Crippen LogP contribution in [0.3, 0.4) is 0 Å². The predicted molar refractivity (Wildman–Crippen MR) is 108 cm³/mol.